The summed E-state index contributed by atoms with van der Waals surface area (Å²) in [5.41, 5.74) is 2.07. The summed E-state index contributed by atoms with van der Waals surface area (Å²) < 4.78 is 5.47. The SMILES string of the molecule is Cc1cccc(-c2noc([C@@H](NC(=O)C3CCCC3)C(C)C)n2)c1. The van der Waals surface area contributed by atoms with E-state index < -0.39 is 0 Å². The number of carbonyl (C=O) groups is 1. The van der Waals surface area contributed by atoms with Crippen molar-refractivity contribution in [2.75, 3.05) is 0 Å². The molecule has 3 rings (SSSR count). The lowest BCUT2D eigenvalue weighted by Gasteiger charge is -2.20. The van der Waals surface area contributed by atoms with Gasteiger partial charge in [0.2, 0.25) is 17.6 Å². The summed E-state index contributed by atoms with van der Waals surface area (Å²) >= 11 is 0. The number of amides is 1. The third-order valence-electron chi connectivity index (χ3n) is 4.67. The summed E-state index contributed by atoms with van der Waals surface area (Å²) in [6.45, 7) is 6.13. The molecule has 1 aliphatic rings. The summed E-state index contributed by atoms with van der Waals surface area (Å²) in [6, 6.07) is 7.74. The molecule has 0 aliphatic heterocycles. The van der Waals surface area contributed by atoms with Crippen LogP contribution in [0.1, 0.15) is 57.0 Å². The van der Waals surface area contributed by atoms with E-state index in [9.17, 15) is 4.79 Å². The third kappa shape index (κ3) is 3.66. The van der Waals surface area contributed by atoms with Crippen LogP contribution in [0.5, 0.6) is 0 Å². The van der Waals surface area contributed by atoms with E-state index in [0.29, 0.717) is 11.7 Å². The number of hydrogen-bond acceptors (Lipinski definition) is 4. The smallest absolute Gasteiger partial charge is 0.249 e. The zero-order valence-corrected chi connectivity index (χ0v) is 14.6. The van der Waals surface area contributed by atoms with E-state index in [4.69, 9.17) is 4.52 Å². The van der Waals surface area contributed by atoms with Crippen LogP contribution in [-0.4, -0.2) is 16.0 Å². The van der Waals surface area contributed by atoms with Gasteiger partial charge in [0.1, 0.15) is 6.04 Å². The normalized spacial score (nSPS) is 16.5. The van der Waals surface area contributed by atoms with E-state index in [1.807, 2.05) is 31.2 Å². The fourth-order valence-electron chi connectivity index (χ4n) is 3.24. The van der Waals surface area contributed by atoms with Crippen molar-refractivity contribution in [1.82, 2.24) is 15.5 Å². The largest absolute Gasteiger partial charge is 0.344 e. The summed E-state index contributed by atoms with van der Waals surface area (Å²) in [5, 5.41) is 7.21. The molecule has 128 valence electrons. The molecule has 1 atom stereocenters. The van der Waals surface area contributed by atoms with Gasteiger partial charge in [-0.2, -0.15) is 4.98 Å². The van der Waals surface area contributed by atoms with E-state index in [-0.39, 0.29) is 23.8 Å². The molecule has 0 unspecified atom stereocenters. The first-order valence-electron chi connectivity index (χ1n) is 8.75. The molecule has 1 saturated carbocycles. The van der Waals surface area contributed by atoms with Gasteiger partial charge < -0.3 is 9.84 Å². The number of carbonyl (C=O) groups excluding carboxylic acids is 1. The van der Waals surface area contributed by atoms with Gasteiger partial charge in [-0.15, -0.1) is 0 Å². The Morgan fingerprint density at radius 2 is 2.04 bits per heavy atom. The minimum Gasteiger partial charge on any atom is -0.344 e. The third-order valence-corrected chi connectivity index (χ3v) is 4.67. The van der Waals surface area contributed by atoms with Crippen molar-refractivity contribution in [3.05, 3.63) is 35.7 Å². The highest BCUT2D eigenvalue weighted by Crippen LogP contribution is 2.28. The second kappa shape index (κ2) is 7.16. The average Bonchev–Trinajstić information content (AvgIpc) is 3.23. The van der Waals surface area contributed by atoms with Crippen LogP contribution >= 0.6 is 0 Å². The maximum atomic E-state index is 12.5. The van der Waals surface area contributed by atoms with Crippen LogP contribution < -0.4 is 5.32 Å². The zero-order valence-electron chi connectivity index (χ0n) is 14.6. The molecule has 5 heteroatoms. The molecule has 0 spiro atoms. The molecular formula is C19H25N3O2. The molecule has 1 heterocycles. The number of rotatable bonds is 5. The van der Waals surface area contributed by atoms with E-state index in [0.717, 1.165) is 36.8 Å². The molecule has 2 aromatic rings. The van der Waals surface area contributed by atoms with Crippen LogP contribution in [0.15, 0.2) is 28.8 Å². The van der Waals surface area contributed by atoms with E-state index in [2.05, 4.69) is 29.3 Å². The lowest BCUT2D eigenvalue weighted by Crippen LogP contribution is -2.35. The maximum absolute atomic E-state index is 12.5. The van der Waals surface area contributed by atoms with E-state index in [1.54, 1.807) is 0 Å². The standard InChI is InChI=1S/C19H25N3O2/c1-12(2)16(20-18(23)14-8-4-5-9-14)19-21-17(22-24-19)15-10-6-7-13(3)11-15/h6-7,10-12,14,16H,4-5,8-9H2,1-3H3,(H,20,23)/t16-/m0/s1. The summed E-state index contributed by atoms with van der Waals surface area (Å²) in [6.07, 6.45) is 4.25. The first-order valence-corrected chi connectivity index (χ1v) is 8.75. The Morgan fingerprint density at radius 1 is 1.29 bits per heavy atom. The van der Waals surface area contributed by atoms with Crippen molar-refractivity contribution in [3.8, 4) is 11.4 Å². The van der Waals surface area contributed by atoms with Crippen molar-refractivity contribution in [2.24, 2.45) is 11.8 Å². The average molecular weight is 327 g/mol. The second-order valence-electron chi connectivity index (χ2n) is 7.04. The van der Waals surface area contributed by atoms with Crippen molar-refractivity contribution in [1.29, 1.82) is 0 Å². The summed E-state index contributed by atoms with van der Waals surface area (Å²) in [7, 11) is 0. The molecule has 1 aromatic carbocycles. The van der Waals surface area contributed by atoms with E-state index >= 15 is 0 Å². The highest BCUT2D eigenvalue weighted by molar-refractivity contribution is 5.79. The van der Waals surface area contributed by atoms with Crippen molar-refractivity contribution in [2.45, 2.75) is 52.5 Å². The maximum Gasteiger partial charge on any atom is 0.249 e. The molecule has 5 nitrogen and oxygen atoms in total. The van der Waals surface area contributed by atoms with Gasteiger partial charge in [0, 0.05) is 11.5 Å². The quantitative estimate of drug-likeness (QED) is 0.899. The van der Waals surface area contributed by atoms with Gasteiger partial charge in [-0.1, -0.05) is 55.6 Å². The van der Waals surface area contributed by atoms with Gasteiger partial charge in [0.05, 0.1) is 0 Å². The Bertz CT molecular complexity index is 702. The van der Waals surface area contributed by atoms with Crippen molar-refractivity contribution < 1.29 is 9.32 Å². The Hall–Kier alpha value is -2.17. The molecule has 0 saturated heterocycles. The number of nitrogens with one attached hydrogen (secondary N) is 1. The van der Waals surface area contributed by atoms with Gasteiger partial charge in [-0.25, -0.2) is 0 Å². The predicted molar refractivity (Wildman–Crippen MR) is 92.2 cm³/mol. The first kappa shape index (κ1) is 16.7. The van der Waals surface area contributed by atoms with Crippen LogP contribution in [0.2, 0.25) is 0 Å². The fraction of sp³-hybridized carbons (Fsp3) is 0.526. The van der Waals surface area contributed by atoms with Crippen LogP contribution in [0.25, 0.3) is 11.4 Å². The van der Waals surface area contributed by atoms with Crippen LogP contribution in [0.3, 0.4) is 0 Å². The number of aromatic nitrogens is 2. The predicted octanol–water partition coefficient (Wildman–Crippen LogP) is 4.05. The highest BCUT2D eigenvalue weighted by atomic mass is 16.5. The molecule has 24 heavy (non-hydrogen) atoms. The summed E-state index contributed by atoms with van der Waals surface area (Å²) in [5.74, 6) is 1.47. The van der Waals surface area contributed by atoms with Gasteiger partial charge in [-0.3, -0.25) is 4.79 Å². The molecule has 0 bridgehead atoms. The number of benzene rings is 1. The second-order valence-corrected chi connectivity index (χ2v) is 7.04. The summed E-state index contributed by atoms with van der Waals surface area (Å²) in [4.78, 5) is 17.0. The van der Waals surface area contributed by atoms with Crippen molar-refractivity contribution >= 4 is 5.91 Å². The number of hydrogen-bond donors (Lipinski definition) is 1. The van der Waals surface area contributed by atoms with Gasteiger partial charge >= 0.3 is 0 Å². The van der Waals surface area contributed by atoms with Crippen molar-refractivity contribution in [3.63, 3.8) is 0 Å². The molecule has 0 radical (unpaired) electrons. The lowest BCUT2D eigenvalue weighted by atomic mass is 10.0. The molecule has 1 fully saturated rings. The van der Waals surface area contributed by atoms with Crippen LogP contribution in [0, 0.1) is 18.8 Å². The topological polar surface area (TPSA) is 68.0 Å². The zero-order chi connectivity index (χ0) is 17.1. The molecule has 1 N–H and O–H groups in total. The molecule has 1 aromatic heterocycles. The Kier molecular flexibility index (Phi) is 4.97. The van der Waals surface area contributed by atoms with Gasteiger partial charge in [0.25, 0.3) is 0 Å². The highest BCUT2D eigenvalue weighted by Gasteiger charge is 2.29. The lowest BCUT2D eigenvalue weighted by molar-refractivity contribution is -0.126. The molecule has 1 aliphatic carbocycles. The van der Waals surface area contributed by atoms with Gasteiger partial charge in [0.15, 0.2) is 0 Å². The number of aryl methyl sites for hydroxylation is 1. The Labute approximate surface area is 142 Å². The number of nitrogens with zero attached hydrogens (tertiary/aromatic N) is 2. The Balaban J connectivity index is 1.78. The monoisotopic (exact) mass is 327 g/mol. The minimum absolute atomic E-state index is 0.113. The first-order chi connectivity index (χ1) is 11.5. The van der Waals surface area contributed by atoms with Crippen LogP contribution in [-0.2, 0) is 4.79 Å². The fourth-order valence-corrected chi connectivity index (χ4v) is 3.24. The molecular weight excluding hydrogens is 302 g/mol. The molecule has 1 amide bonds. The van der Waals surface area contributed by atoms with Gasteiger partial charge in [-0.05, 0) is 31.7 Å². The minimum atomic E-state index is -0.246. The van der Waals surface area contributed by atoms with Crippen LogP contribution in [0.4, 0.5) is 0 Å². The Morgan fingerprint density at radius 3 is 2.71 bits per heavy atom. The van der Waals surface area contributed by atoms with E-state index in [1.165, 1.54) is 0 Å².